The molecule has 1 aromatic rings. The quantitative estimate of drug-likeness (QED) is 0.819. The van der Waals surface area contributed by atoms with Gasteiger partial charge in [0.15, 0.2) is 0 Å². The highest BCUT2D eigenvalue weighted by Crippen LogP contribution is 2.30. The largest absolute Gasteiger partial charge is 0.317 e. The molecule has 0 bridgehead atoms. The minimum Gasteiger partial charge on any atom is -0.317 e. The molecule has 1 aromatic heterocycles. The predicted molar refractivity (Wildman–Crippen MR) is 62.6 cm³/mol. The molecule has 2 rings (SSSR count). The number of aromatic nitrogens is 2. The Bertz CT molecular complexity index is 323. The average Bonchev–Trinajstić information content (AvgIpc) is 2.78. The number of rotatable bonds is 3. The van der Waals surface area contributed by atoms with Crippen LogP contribution in [0.15, 0.2) is 19.0 Å². The van der Waals surface area contributed by atoms with Crippen molar-refractivity contribution in [3.8, 4) is 0 Å². The van der Waals surface area contributed by atoms with Crippen LogP contribution in [0.1, 0.15) is 31.2 Å². The van der Waals surface area contributed by atoms with E-state index in [0.29, 0.717) is 5.92 Å². The second kappa shape index (κ2) is 4.62. The second-order valence-electron chi connectivity index (χ2n) is 4.31. The molecule has 3 heteroatoms. The van der Waals surface area contributed by atoms with Crippen LogP contribution in [0.2, 0.25) is 0 Å². The van der Waals surface area contributed by atoms with Crippen LogP contribution >= 0.6 is 0 Å². The molecule has 1 aliphatic rings. The molecule has 1 saturated heterocycles. The van der Waals surface area contributed by atoms with E-state index in [4.69, 9.17) is 0 Å². The smallest absolute Gasteiger partial charge is 0.0528 e. The molecule has 1 fully saturated rings. The maximum Gasteiger partial charge on any atom is 0.0528 e. The molecule has 0 radical (unpaired) electrons. The van der Waals surface area contributed by atoms with Crippen LogP contribution in [-0.2, 0) is 0 Å². The molecule has 1 atom stereocenters. The van der Waals surface area contributed by atoms with Crippen molar-refractivity contribution in [3.63, 3.8) is 0 Å². The highest BCUT2D eigenvalue weighted by atomic mass is 15.2. The van der Waals surface area contributed by atoms with Gasteiger partial charge < -0.3 is 5.32 Å². The summed E-state index contributed by atoms with van der Waals surface area (Å²) in [7, 11) is 0. The van der Waals surface area contributed by atoms with Gasteiger partial charge in [-0.1, -0.05) is 13.5 Å². The van der Waals surface area contributed by atoms with Gasteiger partial charge in [-0.15, -0.1) is 0 Å². The fourth-order valence-corrected chi connectivity index (χ4v) is 2.30. The van der Waals surface area contributed by atoms with Crippen LogP contribution in [0.3, 0.4) is 0 Å². The Morgan fingerprint density at radius 2 is 2.33 bits per heavy atom. The summed E-state index contributed by atoms with van der Waals surface area (Å²) in [6.45, 7) is 8.33. The summed E-state index contributed by atoms with van der Waals surface area (Å²) in [5.74, 6) is 1.41. The van der Waals surface area contributed by atoms with Crippen molar-refractivity contribution in [2.75, 3.05) is 13.1 Å². The van der Waals surface area contributed by atoms with Crippen molar-refractivity contribution in [2.24, 2.45) is 5.92 Å². The van der Waals surface area contributed by atoms with Gasteiger partial charge in [0, 0.05) is 12.4 Å². The fraction of sp³-hybridized carbons (Fsp3) is 0.583. The van der Waals surface area contributed by atoms with E-state index in [9.17, 15) is 0 Å². The van der Waals surface area contributed by atoms with Gasteiger partial charge in [-0.3, -0.25) is 0 Å². The molecule has 15 heavy (non-hydrogen) atoms. The SMILES string of the molecule is C=Cn1cc(C(C)C2CCNCC2)cn1. The molecular formula is C12H19N3. The lowest BCUT2D eigenvalue weighted by atomic mass is 9.83. The van der Waals surface area contributed by atoms with Crippen LogP contribution in [0, 0.1) is 5.92 Å². The zero-order valence-corrected chi connectivity index (χ0v) is 9.32. The summed E-state index contributed by atoms with van der Waals surface area (Å²) < 4.78 is 1.78. The van der Waals surface area contributed by atoms with E-state index in [1.54, 1.807) is 10.9 Å². The molecule has 0 saturated carbocycles. The standard InChI is InChI=1S/C12H19N3/c1-3-15-9-12(8-14-15)10(2)11-4-6-13-7-5-11/h3,8-11,13H,1,4-7H2,2H3. The highest BCUT2D eigenvalue weighted by Gasteiger charge is 2.21. The van der Waals surface area contributed by atoms with Crippen LogP contribution in [0.5, 0.6) is 0 Å². The van der Waals surface area contributed by atoms with Crippen molar-refractivity contribution < 1.29 is 0 Å². The van der Waals surface area contributed by atoms with Gasteiger partial charge in [-0.25, -0.2) is 4.68 Å². The predicted octanol–water partition coefficient (Wildman–Crippen LogP) is 2.09. The van der Waals surface area contributed by atoms with E-state index < -0.39 is 0 Å². The molecule has 0 aliphatic carbocycles. The highest BCUT2D eigenvalue weighted by molar-refractivity contribution is 5.20. The summed E-state index contributed by atoms with van der Waals surface area (Å²) in [6, 6.07) is 0. The van der Waals surface area contributed by atoms with E-state index in [-0.39, 0.29) is 0 Å². The number of nitrogens with one attached hydrogen (secondary N) is 1. The van der Waals surface area contributed by atoms with Gasteiger partial charge in [0.25, 0.3) is 0 Å². The lowest BCUT2D eigenvalue weighted by molar-refractivity contribution is 0.330. The first-order valence-electron chi connectivity index (χ1n) is 5.68. The lowest BCUT2D eigenvalue weighted by Gasteiger charge is -2.27. The van der Waals surface area contributed by atoms with E-state index >= 15 is 0 Å². The minimum absolute atomic E-state index is 0.612. The zero-order chi connectivity index (χ0) is 10.7. The van der Waals surface area contributed by atoms with Crippen LogP contribution < -0.4 is 5.32 Å². The van der Waals surface area contributed by atoms with Gasteiger partial charge in [-0.2, -0.15) is 5.10 Å². The van der Waals surface area contributed by atoms with E-state index in [1.807, 2.05) is 6.20 Å². The molecule has 0 spiro atoms. The Morgan fingerprint density at radius 1 is 1.60 bits per heavy atom. The molecule has 1 aliphatic heterocycles. The van der Waals surface area contributed by atoms with E-state index in [1.165, 1.54) is 18.4 Å². The van der Waals surface area contributed by atoms with Crippen LogP contribution in [0.4, 0.5) is 0 Å². The number of nitrogens with zero attached hydrogens (tertiary/aromatic N) is 2. The van der Waals surface area contributed by atoms with E-state index in [2.05, 4.69) is 30.1 Å². The Morgan fingerprint density at radius 3 is 2.93 bits per heavy atom. The zero-order valence-electron chi connectivity index (χ0n) is 9.32. The second-order valence-corrected chi connectivity index (χ2v) is 4.31. The maximum absolute atomic E-state index is 4.23. The molecule has 0 amide bonds. The Labute approximate surface area is 91.2 Å². The average molecular weight is 205 g/mol. The Hall–Kier alpha value is -1.09. The summed E-state index contributed by atoms with van der Waals surface area (Å²) in [5.41, 5.74) is 1.34. The number of piperidine rings is 1. The first-order valence-corrected chi connectivity index (χ1v) is 5.68. The molecule has 3 nitrogen and oxygen atoms in total. The first kappa shape index (κ1) is 10.4. The van der Waals surface area contributed by atoms with Gasteiger partial charge in [0.1, 0.15) is 0 Å². The van der Waals surface area contributed by atoms with Gasteiger partial charge in [0.05, 0.1) is 6.20 Å². The van der Waals surface area contributed by atoms with Gasteiger partial charge in [-0.05, 0) is 43.3 Å². The van der Waals surface area contributed by atoms with E-state index in [0.717, 1.165) is 19.0 Å². The topological polar surface area (TPSA) is 29.9 Å². The molecule has 1 unspecified atom stereocenters. The first-order chi connectivity index (χ1) is 7.31. The van der Waals surface area contributed by atoms with Crippen LogP contribution in [0.25, 0.3) is 6.20 Å². The molecular weight excluding hydrogens is 186 g/mol. The van der Waals surface area contributed by atoms with Crippen molar-refractivity contribution in [1.82, 2.24) is 15.1 Å². The third-order valence-corrected chi connectivity index (χ3v) is 3.43. The Balaban J connectivity index is 2.05. The molecule has 1 N–H and O–H groups in total. The summed E-state index contributed by atoms with van der Waals surface area (Å²) in [6.07, 6.45) is 8.34. The lowest BCUT2D eigenvalue weighted by Crippen LogP contribution is -2.30. The normalized spacial score (nSPS) is 20.1. The Kier molecular flexibility index (Phi) is 3.21. The van der Waals surface area contributed by atoms with Crippen molar-refractivity contribution in [2.45, 2.75) is 25.7 Å². The van der Waals surface area contributed by atoms with Crippen molar-refractivity contribution in [3.05, 3.63) is 24.5 Å². The summed E-state index contributed by atoms with van der Waals surface area (Å²) in [4.78, 5) is 0. The van der Waals surface area contributed by atoms with Crippen molar-refractivity contribution >= 4 is 6.20 Å². The molecule has 0 aromatic carbocycles. The summed E-state index contributed by atoms with van der Waals surface area (Å²) >= 11 is 0. The van der Waals surface area contributed by atoms with Crippen LogP contribution in [-0.4, -0.2) is 22.9 Å². The monoisotopic (exact) mass is 205 g/mol. The number of hydrogen-bond donors (Lipinski definition) is 1. The van der Waals surface area contributed by atoms with Crippen molar-refractivity contribution in [1.29, 1.82) is 0 Å². The molecule has 2 heterocycles. The van der Waals surface area contributed by atoms with Gasteiger partial charge in [0.2, 0.25) is 0 Å². The molecule has 82 valence electrons. The number of hydrogen-bond acceptors (Lipinski definition) is 2. The third kappa shape index (κ3) is 2.29. The maximum atomic E-state index is 4.23. The minimum atomic E-state index is 0.612. The van der Waals surface area contributed by atoms with Gasteiger partial charge >= 0.3 is 0 Å². The third-order valence-electron chi connectivity index (χ3n) is 3.43. The summed E-state index contributed by atoms with van der Waals surface area (Å²) in [5, 5.41) is 7.63. The fourth-order valence-electron chi connectivity index (χ4n) is 2.30.